The minimum Gasteiger partial charge on any atom is -0.467 e. The summed E-state index contributed by atoms with van der Waals surface area (Å²) in [4.78, 5) is 40.0. The van der Waals surface area contributed by atoms with E-state index in [0.717, 1.165) is 13.2 Å². The zero-order valence-corrected chi connectivity index (χ0v) is 17.0. The minimum absolute atomic E-state index is 0.00200. The van der Waals surface area contributed by atoms with Gasteiger partial charge in [0, 0.05) is 5.56 Å². The van der Waals surface area contributed by atoms with Crippen LogP contribution >= 0.6 is 11.6 Å². The maximum Gasteiger partial charge on any atom is 0.408 e. The van der Waals surface area contributed by atoms with E-state index in [0.29, 0.717) is 11.8 Å². The average molecular weight is 423 g/mol. The van der Waals surface area contributed by atoms with E-state index in [1.807, 2.05) is 0 Å². The lowest BCUT2D eigenvalue weighted by Gasteiger charge is -2.23. The van der Waals surface area contributed by atoms with Gasteiger partial charge >= 0.3 is 12.1 Å². The number of aromatic nitrogens is 1. The van der Waals surface area contributed by atoms with Crippen LogP contribution in [-0.4, -0.2) is 36.0 Å². The topological polar surface area (TPSA) is 94.6 Å². The zero-order valence-electron chi connectivity index (χ0n) is 16.3. The monoisotopic (exact) mass is 422 g/mol. The predicted octanol–water partition coefficient (Wildman–Crippen LogP) is 4.09. The summed E-state index contributed by atoms with van der Waals surface area (Å²) in [7, 11) is 1.16. The summed E-state index contributed by atoms with van der Waals surface area (Å²) in [5.41, 5.74) is 0.120. The summed E-state index contributed by atoms with van der Waals surface area (Å²) < 4.78 is 23.4. The first-order valence-electron chi connectivity index (χ1n) is 8.54. The lowest BCUT2D eigenvalue weighted by atomic mass is 10.0. The highest BCUT2D eigenvalue weighted by Gasteiger charge is 2.27. The van der Waals surface area contributed by atoms with Crippen LogP contribution in [0.1, 0.15) is 42.9 Å². The molecule has 0 aliphatic carbocycles. The molecule has 1 heterocycles. The first-order chi connectivity index (χ1) is 13.5. The van der Waals surface area contributed by atoms with Gasteiger partial charge in [-0.25, -0.2) is 19.0 Å². The van der Waals surface area contributed by atoms with E-state index in [1.54, 1.807) is 20.8 Å². The van der Waals surface area contributed by atoms with Gasteiger partial charge in [-0.2, -0.15) is 0 Å². The molecule has 1 amide bonds. The first-order valence-corrected chi connectivity index (χ1v) is 8.92. The Hall–Kier alpha value is -3.00. The van der Waals surface area contributed by atoms with Gasteiger partial charge in [0.25, 0.3) is 0 Å². The number of hydrogen-bond acceptors (Lipinski definition) is 6. The zero-order chi connectivity index (χ0) is 21.8. The van der Waals surface area contributed by atoms with Gasteiger partial charge < -0.3 is 14.8 Å². The Morgan fingerprint density at radius 2 is 1.93 bits per heavy atom. The van der Waals surface area contributed by atoms with Gasteiger partial charge in [0.05, 0.1) is 17.8 Å². The number of pyridine rings is 1. The van der Waals surface area contributed by atoms with Crippen LogP contribution < -0.4 is 5.32 Å². The van der Waals surface area contributed by atoms with Crippen molar-refractivity contribution in [3.8, 4) is 11.3 Å². The van der Waals surface area contributed by atoms with Gasteiger partial charge in [0.1, 0.15) is 17.1 Å². The van der Waals surface area contributed by atoms with Crippen molar-refractivity contribution in [3.63, 3.8) is 0 Å². The van der Waals surface area contributed by atoms with Crippen molar-refractivity contribution in [1.82, 2.24) is 10.3 Å². The number of carbonyl (C=O) groups is 3. The number of rotatable bonds is 5. The van der Waals surface area contributed by atoms with Crippen LogP contribution in [0.2, 0.25) is 5.02 Å². The molecule has 0 bridgehead atoms. The number of nitrogens with one attached hydrogen (secondary N) is 1. The second kappa shape index (κ2) is 9.00. The lowest BCUT2D eigenvalue weighted by molar-refractivity contribution is -0.143. The van der Waals surface area contributed by atoms with Crippen molar-refractivity contribution in [2.24, 2.45) is 0 Å². The van der Waals surface area contributed by atoms with Crippen LogP contribution in [-0.2, 0) is 14.3 Å². The van der Waals surface area contributed by atoms with Gasteiger partial charge in [0.15, 0.2) is 12.3 Å². The molecule has 2 rings (SSSR count). The quantitative estimate of drug-likeness (QED) is 0.576. The molecule has 0 fully saturated rings. The number of aldehydes is 1. The number of nitrogens with zero attached hydrogens (tertiary/aromatic N) is 1. The van der Waals surface area contributed by atoms with Crippen LogP contribution in [0.3, 0.4) is 0 Å². The Balaban J connectivity index is 2.49. The Morgan fingerprint density at radius 1 is 1.24 bits per heavy atom. The molecular formula is C20H20ClFN2O5. The number of amides is 1. The van der Waals surface area contributed by atoms with Crippen molar-refractivity contribution >= 4 is 29.9 Å². The molecule has 1 N–H and O–H groups in total. The van der Waals surface area contributed by atoms with E-state index in [1.165, 1.54) is 24.3 Å². The van der Waals surface area contributed by atoms with Crippen LogP contribution in [0.4, 0.5) is 9.18 Å². The highest BCUT2D eigenvalue weighted by atomic mass is 35.5. The number of halogens is 2. The molecule has 29 heavy (non-hydrogen) atoms. The number of hydrogen-bond donors (Lipinski definition) is 1. The highest BCUT2D eigenvalue weighted by molar-refractivity contribution is 6.31. The van der Waals surface area contributed by atoms with Crippen LogP contribution in [0.25, 0.3) is 11.3 Å². The summed E-state index contributed by atoms with van der Waals surface area (Å²) in [6.07, 6.45) is -0.358. The number of alkyl carbamates (subject to hydrolysis) is 1. The molecule has 0 radical (unpaired) electrons. The molecule has 1 aromatic carbocycles. The number of esters is 1. The summed E-state index contributed by atoms with van der Waals surface area (Å²) in [5, 5.41) is 2.30. The standard InChI is InChI=1S/C20H20ClFN2O5/c1-20(2,3)29-19(27)24-17(18(26)28-4)12-7-13(10-25)23-16(9-12)11-5-6-15(22)14(21)8-11/h5-10,17H,1-4H3,(H,24,27). The molecule has 9 heteroatoms. The molecule has 7 nitrogen and oxygen atoms in total. The predicted molar refractivity (Wildman–Crippen MR) is 104 cm³/mol. The van der Waals surface area contributed by atoms with Crippen molar-refractivity contribution < 1.29 is 28.2 Å². The molecule has 154 valence electrons. The summed E-state index contributed by atoms with van der Waals surface area (Å²) in [5.74, 6) is -1.39. The van der Waals surface area contributed by atoms with Crippen molar-refractivity contribution in [2.45, 2.75) is 32.4 Å². The van der Waals surface area contributed by atoms with E-state index in [2.05, 4.69) is 10.3 Å². The maximum absolute atomic E-state index is 13.5. The molecular weight excluding hydrogens is 403 g/mol. The SMILES string of the molecule is COC(=O)C(NC(=O)OC(C)(C)C)c1cc(C=O)nc(-c2ccc(F)c(Cl)c2)c1. The van der Waals surface area contributed by atoms with Gasteiger partial charge in [-0.1, -0.05) is 11.6 Å². The number of benzene rings is 1. The van der Waals surface area contributed by atoms with Crippen LogP contribution in [0.15, 0.2) is 30.3 Å². The fraction of sp³-hybridized carbons (Fsp3) is 0.300. The van der Waals surface area contributed by atoms with Gasteiger partial charge in [0.2, 0.25) is 0 Å². The second-order valence-corrected chi connectivity index (χ2v) is 7.47. The second-order valence-electron chi connectivity index (χ2n) is 7.06. The summed E-state index contributed by atoms with van der Waals surface area (Å²) in [6, 6.07) is 5.47. The normalized spacial score (nSPS) is 12.1. The van der Waals surface area contributed by atoms with E-state index in [-0.39, 0.29) is 22.0 Å². The molecule has 1 unspecified atom stereocenters. The number of carbonyl (C=O) groups excluding carboxylic acids is 3. The van der Waals surface area contributed by atoms with E-state index in [4.69, 9.17) is 21.1 Å². The van der Waals surface area contributed by atoms with Crippen molar-refractivity contribution in [3.05, 3.63) is 52.4 Å². The molecule has 0 spiro atoms. The number of methoxy groups -OCH3 is 1. The largest absolute Gasteiger partial charge is 0.467 e. The molecule has 1 aromatic heterocycles. The molecule has 0 saturated carbocycles. The fourth-order valence-corrected chi connectivity index (χ4v) is 2.61. The minimum atomic E-state index is -1.26. The molecule has 0 aliphatic heterocycles. The molecule has 2 aromatic rings. The Morgan fingerprint density at radius 3 is 2.48 bits per heavy atom. The third-order valence-corrected chi connectivity index (χ3v) is 3.92. The van der Waals surface area contributed by atoms with Crippen molar-refractivity contribution in [1.29, 1.82) is 0 Å². The fourth-order valence-electron chi connectivity index (χ4n) is 2.43. The summed E-state index contributed by atoms with van der Waals surface area (Å²) >= 11 is 5.82. The van der Waals surface area contributed by atoms with E-state index < -0.39 is 29.5 Å². The third-order valence-electron chi connectivity index (χ3n) is 3.63. The van der Waals surface area contributed by atoms with E-state index in [9.17, 15) is 18.8 Å². The van der Waals surface area contributed by atoms with E-state index >= 15 is 0 Å². The lowest BCUT2D eigenvalue weighted by Crippen LogP contribution is -2.38. The van der Waals surface area contributed by atoms with Crippen molar-refractivity contribution in [2.75, 3.05) is 7.11 Å². The third kappa shape index (κ3) is 5.99. The Bertz CT molecular complexity index is 943. The average Bonchev–Trinajstić information content (AvgIpc) is 2.65. The van der Waals surface area contributed by atoms with Gasteiger partial charge in [-0.3, -0.25) is 4.79 Å². The van der Waals surface area contributed by atoms with Gasteiger partial charge in [-0.05, 0) is 56.7 Å². The Labute approximate surface area is 172 Å². The first kappa shape index (κ1) is 22.3. The van der Waals surface area contributed by atoms with Crippen LogP contribution in [0, 0.1) is 5.82 Å². The number of ether oxygens (including phenoxy) is 2. The van der Waals surface area contributed by atoms with Crippen LogP contribution in [0.5, 0.6) is 0 Å². The molecule has 1 atom stereocenters. The Kier molecular flexibility index (Phi) is 6.92. The molecule has 0 aliphatic rings. The molecule has 0 saturated heterocycles. The maximum atomic E-state index is 13.5. The highest BCUT2D eigenvalue weighted by Crippen LogP contribution is 2.27. The summed E-state index contributed by atoms with van der Waals surface area (Å²) in [6.45, 7) is 5.02. The van der Waals surface area contributed by atoms with Gasteiger partial charge in [-0.15, -0.1) is 0 Å². The smallest absolute Gasteiger partial charge is 0.408 e.